The van der Waals surface area contributed by atoms with Gasteiger partial charge >= 0.3 is 6.55 Å². The number of Topliss-reactive ketones (excluding diaryl/α,β-unsaturated/α-hetero) is 2. The first-order valence-corrected chi connectivity index (χ1v) is 10.4. The number of ketones is 2. The number of amides is 1. The number of nitrogens with zero attached hydrogens (tertiary/aromatic N) is 3. The van der Waals surface area contributed by atoms with Crippen molar-refractivity contribution in [3.05, 3.63) is 84.3 Å². The Morgan fingerprint density at radius 1 is 1.03 bits per heavy atom. The Morgan fingerprint density at radius 3 is 2.50 bits per heavy atom. The zero-order valence-electron chi connectivity index (χ0n) is 18.1. The highest BCUT2D eigenvalue weighted by molar-refractivity contribution is 6.38. The number of benzene rings is 2. The fourth-order valence-corrected chi connectivity index (χ4v) is 3.73. The van der Waals surface area contributed by atoms with Crippen molar-refractivity contribution >= 4 is 28.2 Å². The number of pyridine rings is 1. The minimum absolute atomic E-state index is 0.0309. The summed E-state index contributed by atoms with van der Waals surface area (Å²) < 4.78 is 27.4. The van der Waals surface area contributed by atoms with Crippen molar-refractivity contribution in [3.63, 3.8) is 0 Å². The first-order chi connectivity index (χ1) is 16.3. The summed E-state index contributed by atoms with van der Waals surface area (Å²) in [5.41, 5.74) is 1.08. The standard InChI is InChI=1S/C25H20F2N4O3/c1-15(32)23(33)21(12-16-6-3-2-4-7-16)29-24(34)20-14-31(25(26)27)30-22(20)19-9-5-8-17-13-28-11-10-18(17)19/h2-11,13-14,21,25H,12H2,1H3,(H,29,34). The monoisotopic (exact) mass is 462 g/mol. The number of fused-ring (bicyclic) bond motifs is 1. The topological polar surface area (TPSA) is 94.0 Å². The SMILES string of the molecule is CC(=O)C(=O)C(Cc1ccccc1)NC(=O)c1cn(C(F)F)nc1-c1cccc2cnccc12. The molecule has 0 saturated carbocycles. The van der Waals surface area contributed by atoms with Crippen LogP contribution in [-0.2, 0) is 16.0 Å². The molecule has 7 nitrogen and oxygen atoms in total. The van der Waals surface area contributed by atoms with Crippen LogP contribution in [0.1, 0.15) is 29.4 Å². The smallest absolute Gasteiger partial charge is 0.333 e. The number of carbonyl (C=O) groups excluding carboxylic acids is 3. The van der Waals surface area contributed by atoms with Crippen LogP contribution in [-0.4, -0.2) is 38.3 Å². The van der Waals surface area contributed by atoms with E-state index in [0.717, 1.165) is 24.1 Å². The number of nitrogens with one attached hydrogen (secondary N) is 1. The van der Waals surface area contributed by atoms with Gasteiger partial charge in [-0.3, -0.25) is 19.4 Å². The number of hydrogen-bond donors (Lipinski definition) is 1. The molecule has 2 aromatic heterocycles. The maximum Gasteiger partial charge on any atom is 0.333 e. The molecule has 0 spiro atoms. The highest BCUT2D eigenvalue weighted by Gasteiger charge is 2.28. The summed E-state index contributed by atoms with van der Waals surface area (Å²) in [6.07, 6.45) is 4.18. The molecule has 34 heavy (non-hydrogen) atoms. The third-order valence-corrected chi connectivity index (χ3v) is 5.36. The Morgan fingerprint density at radius 2 is 1.79 bits per heavy atom. The van der Waals surface area contributed by atoms with Gasteiger partial charge in [0.2, 0.25) is 5.78 Å². The molecule has 0 bridgehead atoms. The summed E-state index contributed by atoms with van der Waals surface area (Å²) in [6, 6.07) is 14.6. The molecule has 1 atom stereocenters. The third kappa shape index (κ3) is 4.73. The molecule has 0 aliphatic heterocycles. The van der Waals surface area contributed by atoms with Gasteiger partial charge in [0.25, 0.3) is 5.91 Å². The zero-order valence-corrected chi connectivity index (χ0v) is 18.1. The number of halogens is 2. The molecule has 0 aliphatic carbocycles. The van der Waals surface area contributed by atoms with Gasteiger partial charge in [-0.2, -0.15) is 13.9 Å². The molecule has 0 saturated heterocycles. The lowest BCUT2D eigenvalue weighted by atomic mass is 9.98. The van der Waals surface area contributed by atoms with Crippen LogP contribution in [0.4, 0.5) is 8.78 Å². The molecular formula is C25H20F2N4O3. The maximum absolute atomic E-state index is 13.5. The maximum atomic E-state index is 13.5. The third-order valence-electron chi connectivity index (χ3n) is 5.36. The van der Waals surface area contributed by atoms with E-state index in [2.05, 4.69) is 15.4 Å². The fraction of sp³-hybridized carbons (Fsp3) is 0.160. The zero-order chi connectivity index (χ0) is 24.2. The Balaban J connectivity index is 1.74. The Labute approximate surface area is 193 Å². The van der Waals surface area contributed by atoms with Crippen LogP contribution in [0.25, 0.3) is 22.0 Å². The predicted molar refractivity (Wildman–Crippen MR) is 121 cm³/mol. The molecule has 172 valence electrons. The number of aromatic nitrogens is 3. The number of hydrogen-bond acceptors (Lipinski definition) is 5. The molecule has 4 aromatic rings. The van der Waals surface area contributed by atoms with Crippen LogP contribution < -0.4 is 5.32 Å². The van der Waals surface area contributed by atoms with Gasteiger partial charge in [-0.05, 0) is 17.0 Å². The van der Waals surface area contributed by atoms with Crippen molar-refractivity contribution in [1.29, 1.82) is 0 Å². The van der Waals surface area contributed by atoms with Gasteiger partial charge in [0, 0.05) is 42.9 Å². The highest BCUT2D eigenvalue weighted by Crippen LogP contribution is 2.30. The van der Waals surface area contributed by atoms with Crippen LogP contribution in [0.2, 0.25) is 0 Å². The van der Waals surface area contributed by atoms with Crippen molar-refractivity contribution < 1.29 is 23.2 Å². The molecule has 1 unspecified atom stereocenters. The first kappa shape index (κ1) is 22.9. The average Bonchev–Trinajstić information content (AvgIpc) is 3.29. The van der Waals surface area contributed by atoms with Crippen molar-refractivity contribution in [2.24, 2.45) is 0 Å². The van der Waals surface area contributed by atoms with Crippen molar-refractivity contribution in [3.8, 4) is 11.3 Å². The van der Waals surface area contributed by atoms with Crippen LogP contribution in [0.5, 0.6) is 0 Å². The summed E-state index contributed by atoms with van der Waals surface area (Å²) >= 11 is 0. The summed E-state index contributed by atoms with van der Waals surface area (Å²) in [6.45, 7) is -1.85. The predicted octanol–water partition coefficient (Wildman–Crippen LogP) is 3.99. The van der Waals surface area contributed by atoms with E-state index in [1.807, 2.05) is 0 Å². The number of alkyl halides is 2. The second-order valence-electron chi connectivity index (χ2n) is 7.69. The Kier molecular flexibility index (Phi) is 6.53. The number of rotatable bonds is 8. The lowest BCUT2D eigenvalue weighted by molar-refractivity contribution is -0.136. The minimum Gasteiger partial charge on any atom is -0.341 e. The lowest BCUT2D eigenvalue weighted by Crippen LogP contribution is -2.44. The quantitative estimate of drug-likeness (QED) is 0.400. The van der Waals surface area contributed by atoms with E-state index in [-0.39, 0.29) is 17.7 Å². The van der Waals surface area contributed by atoms with Gasteiger partial charge in [-0.15, -0.1) is 0 Å². The van der Waals surface area contributed by atoms with E-state index in [1.54, 1.807) is 67.0 Å². The summed E-state index contributed by atoms with van der Waals surface area (Å²) in [5, 5.41) is 7.92. The Hall–Kier alpha value is -4.27. The second-order valence-corrected chi connectivity index (χ2v) is 7.69. The molecule has 4 rings (SSSR count). The van der Waals surface area contributed by atoms with E-state index in [1.165, 1.54) is 0 Å². The van der Waals surface area contributed by atoms with Crippen LogP contribution in [0.3, 0.4) is 0 Å². The molecule has 1 amide bonds. The first-order valence-electron chi connectivity index (χ1n) is 10.4. The van der Waals surface area contributed by atoms with Gasteiger partial charge in [-0.25, -0.2) is 4.68 Å². The van der Waals surface area contributed by atoms with Crippen LogP contribution in [0.15, 0.2) is 73.2 Å². The number of carbonyl (C=O) groups is 3. The van der Waals surface area contributed by atoms with Crippen molar-refractivity contribution in [2.75, 3.05) is 0 Å². The van der Waals surface area contributed by atoms with Gasteiger partial charge < -0.3 is 5.32 Å². The normalized spacial score (nSPS) is 12.0. The summed E-state index contributed by atoms with van der Waals surface area (Å²) in [5.74, 6) is -2.29. The Bertz CT molecular complexity index is 1360. The van der Waals surface area contributed by atoms with Crippen LogP contribution in [0, 0.1) is 0 Å². The average molecular weight is 462 g/mol. The van der Waals surface area contributed by atoms with E-state index in [4.69, 9.17) is 0 Å². The summed E-state index contributed by atoms with van der Waals surface area (Å²) in [4.78, 5) is 41.7. The van der Waals surface area contributed by atoms with E-state index < -0.39 is 30.1 Å². The molecule has 0 aliphatic rings. The van der Waals surface area contributed by atoms with Gasteiger partial charge in [0.1, 0.15) is 5.69 Å². The molecule has 2 aromatic carbocycles. The van der Waals surface area contributed by atoms with Gasteiger partial charge in [-0.1, -0.05) is 48.5 Å². The summed E-state index contributed by atoms with van der Waals surface area (Å²) in [7, 11) is 0. The fourth-order valence-electron chi connectivity index (χ4n) is 3.73. The second kappa shape index (κ2) is 9.70. The highest BCUT2D eigenvalue weighted by atomic mass is 19.3. The molecule has 0 fully saturated rings. The lowest BCUT2D eigenvalue weighted by Gasteiger charge is -2.17. The minimum atomic E-state index is -2.98. The van der Waals surface area contributed by atoms with Gasteiger partial charge in [0.15, 0.2) is 5.78 Å². The molecule has 0 radical (unpaired) electrons. The molecule has 9 heteroatoms. The van der Waals surface area contributed by atoms with E-state index >= 15 is 0 Å². The molecule has 2 heterocycles. The molecular weight excluding hydrogens is 442 g/mol. The molecule has 1 N–H and O–H groups in total. The van der Waals surface area contributed by atoms with E-state index in [0.29, 0.717) is 15.6 Å². The largest absolute Gasteiger partial charge is 0.341 e. The van der Waals surface area contributed by atoms with Crippen molar-refractivity contribution in [1.82, 2.24) is 20.1 Å². The van der Waals surface area contributed by atoms with Gasteiger partial charge in [0.05, 0.1) is 11.6 Å². The van der Waals surface area contributed by atoms with Crippen molar-refractivity contribution in [2.45, 2.75) is 25.9 Å². The van der Waals surface area contributed by atoms with E-state index in [9.17, 15) is 23.2 Å². The van der Waals surface area contributed by atoms with Crippen LogP contribution >= 0.6 is 0 Å².